The summed E-state index contributed by atoms with van der Waals surface area (Å²) in [4.78, 5) is 2.47. The molecule has 0 aliphatic carbocycles. The van der Waals surface area contributed by atoms with E-state index >= 15 is 0 Å². The Labute approximate surface area is 77.9 Å². The molecule has 0 radical (unpaired) electrons. The van der Waals surface area contributed by atoms with Crippen molar-refractivity contribution in [1.29, 1.82) is 0 Å². The van der Waals surface area contributed by atoms with Crippen LogP contribution in [0.3, 0.4) is 0 Å². The largest absolute Gasteiger partial charge is 0.300 e. The van der Waals surface area contributed by atoms with Crippen LogP contribution in [0.2, 0.25) is 0 Å². The van der Waals surface area contributed by atoms with E-state index in [1.165, 1.54) is 19.5 Å². The molecule has 2 fully saturated rings. The maximum absolute atomic E-state index is 4.22. The van der Waals surface area contributed by atoms with Crippen LogP contribution in [0.25, 0.3) is 0 Å². The second-order valence-electron chi connectivity index (χ2n) is 3.34. The van der Waals surface area contributed by atoms with Gasteiger partial charge in [-0.25, -0.2) is 4.31 Å². The lowest BCUT2D eigenvalue weighted by atomic mass is 10.2. The van der Waals surface area contributed by atoms with E-state index in [0.29, 0.717) is 0 Å². The van der Waals surface area contributed by atoms with Crippen LogP contribution in [-0.2, 0) is 0 Å². The summed E-state index contributed by atoms with van der Waals surface area (Å²) in [7, 11) is 2.23. The minimum atomic E-state index is 0.808. The van der Waals surface area contributed by atoms with E-state index in [9.17, 15) is 0 Å². The average Bonchev–Trinajstić information content (AvgIpc) is 2.47. The summed E-state index contributed by atoms with van der Waals surface area (Å²) in [6, 6.07) is 1.63. The van der Waals surface area contributed by atoms with E-state index in [4.69, 9.17) is 0 Å². The Morgan fingerprint density at radius 3 is 2.73 bits per heavy atom. The van der Waals surface area contributed by atoms with Crippen molar-refractivity contribution in [1.82, 2.24) is 9.21 Å². The molecule has 2 nitrogen and oxygen atoms in total. The molecule has 64 valence electrons. The van der Waals surface area contributed by atoms with Gasteiger partial charge in [0.25, 0.3) is 0 Å². The summed E-state index contributed by atoms with van der Waals surface area (Å²) in [6.07, 6.45) is 1.37. The predicted octanol–water partition coefficient (Wildman–Crippen LogP) is 0.910. The van der Waals surface area contributed by atoms with Gasteiger partial charge in [0.15, 0.2) is 0 Å². The lowest BCUT2D eigenvalue weighted by molar-refractivity contribution is 0.227. The first-order valence-corrected chi connectivity index (χ1v) is 5.59. The second-order valence-corrected chi connectivity index (χ2v) is 5.10. The van der Waals surface area contributed by atoms with E-state index in [1.807, 2.05) is 11.9 Å². The Morgan fingerprint density at radius 2 is 2.27 bits per heavy atom. The van der Waals surface area contributed by atoms with Crippen molar-refractivity contribution in [2.24, 2.45) is 0 Å². The van der Waals surface area contributed by atoms with Crippen LogP contribution in [0.15, 0.2) is 0 Å². The first-order chi connectivity index (χ1) is 5.31. The number of piperazine rings is 1. The zero-order chi connectivity index (χ0) is 7.84. The van der Waals surface area contributed by atoms with Crippen molar-refractivity contribution in [2.45, 2.75) is 18.5 Å². The van der Waals surface area contributed by atoms with E-state index in [0.717, 1.165) is 17.2 Å². The Hall–Kier alpha value is 0.620. The van der Waals surface area contributed by atoms with E-state index in [-0.39, 0.29) is 0 Å². The fourth-order valence-corrected chi connectivity index (χ4v) is 3.30. The molecule has 0 amide bonds. The summed E-state index contributed by atoms with van der Waals surface area (Å²) >= 11 is 6.10. The van der Waals surface area contributed by atoms with Crippen molar-refractivity contribution in [3.8, 4) is 0 Å². The van der Waals surface area contributed by atoms with Crippen LogP contribution < -0.4 is 0 Å². The number of rotatable bonds is 2. The van der Waals surface area contributed by atoms with Crippen LogP contribution in [0, 0.1) is 0 Å². The molecule has 2 bridgehead atoms. The third-order valence-corrected chi connectivity index (χ3v) is 3.93. The highest BCUT2D eigenvalue weighted by Gasteiger charge is 2.41. The molecule has 0 aromatic heterocycles. The molecule has 2 aliphatic rings. The van der Waals surface area contributed by atoms with Crippen LogP contribution >= 0.6 is 24.6 Å². The zero-order valence-corrected chi connectivity index (χ0v) is 8.44. The highest BCUT2D eigenvalue weighted by molar-refractivity contribution is 8.07. The Kier molecular flexibility index (Phi) is 2.37. The maximum Gasteiger partial charge on any atom is 0.0509 e. The first-order valence-electron chi connectivity index (χ1n) is 4.02. The molecule has 2 atom stereocenters. The van der Waals surface area contributed by atoms with Gasteiger partial charge in [0, 0.05) is 25.2 Å². The molecule has 0 aromatic rings. The monoisotopic (exact) mass is 190 g/mol. The Morgan fingerprint density at radius 1 is 1.45 bits per heavy atom. The molecule has 2 saturated heterocycles. The SMILES string of the molecule is CN1CC2CC1CN2SCS. The minimum Gasteiger partial charge on any atom is -0.300 e. The molecule has 2 aliphatic heterocycles. The number of likely N-dealkylation sites (N-methyl/N-ethyl adjacent to an activating group) is 1. The van der Waals surface area contributed by atoms with Crippen LogP contribution in [0.1, 0.15) is 6.42 Å². The Bertz CT molecular complexity index is 151. The molecular formula is C7H14N2S2. The smallest absolute Gasteiger partial charge is 0.0509 e. The van der Waals surface area contributed by atoms with Crippen molar-refractivity contribution in [2.75, 3.05) is 25.2 Å². The number of hydrogen-bond donors (Lipinski definition) is 1. The lowest BCUT2D eigenvalue weighted by Crippen LogP contribution is -2.41. The first kappa shape index (κ1) is 8.23. The summed E-state index contributed by atoms with van der Waals surface area (Å²) < 4.78 is 2.50. The Balaban J connectivity index is 1.92. The van der Waals surface area contributed by atoms with Gasteiger partial charge in [-0.1, -0.05) is 11.9 Å². The molecule has 0 saturated carbocycles. The van der Waals surface area contributed by atoms with E-state index in [1.54, 1.807) is 0 Å². The van der Waals surface area contributed by atoms with Gasteiger partial charge in [0.05, 0.1) is 5.08 Å². The van der Waals surface area contributed by atoms with Gasteiger partial charge in [0.1, 0.15) is 0 Å². The molecule has 2 rings (SSSR count). The minimum absolute atomic E-state index is 0.808. The van der Waals surface area contributed by atoms with Gasteiger partial charge >= 0.3 is 0 Å². The standard InChI is InChI=1S/C7H14N2S2/c1-8-3-7-2-6(8)4-9(7)11-5-10/h6-7,10H,2-5H2,1H3. The van der Waals surface area contributed by atoms with Crippen molar-refractivity contribution < 1.29 is 0 Å². The summed E-state index contributed by atoms with van der Waals surface area (Å²) in [5.74, 6) is 0. The molecular weight excluding hydrogens is 176 g/mol. The molecule has 11 heavy (non-hydrogen) atoms. The number of thiol groups is 1. The van der Waals surface area contributed by atoms with Crippen molar-refractivity contribution >= 4 is 24.6 Å². The number of hydrogen-bond acceptors (Lipinski definition) is 4. The predicted molar refractivity (Wildman–Crippen MR) is 53.0 cm³/mol. The molecule has 4 heteroatoms. The maximum atomic E-state index is 4.22. The van der Waals surface area contributed by atoms with Crippen LogP contribution in [-0.4, -0.2) is 46.5 Å². The summed E-state index contributed by atoms with van der Waals surface area (Å²) in [5, 5.41) is 0.924. The molecule has 0 aromatic carbocycles. The molecule has 2 heterocycles. The van der Waals surface area contributed by atoms with Crippen molar-refractivity contribution in [3.63, 3.8) is 0 Å². The third-order valence-electron chi connectivity index (χ3n) is 2.69. The van der Waals surface area contributed by atoms with Gasteiger partial charge in [-0.15, -0.1) is 0 Å². The fourth-order valence-electron chi connectivity index (χ4n) is 2.06. The summed E-state index contributed by atoms with van der Waals surface area (Å²) in [5.41, 5.74) is 0. The molecule has 0 spiro atoms. The quantitative estimate of drug-likeness (QED) is 0.393. The van der Waals surface area contributed by atoms with Crippen LogP contribution in [0.5, 0.6) is 0 Å². The van der Waals surface area contributed by atoms with E-state index < -0.39 is 0 Å². The number of likely N-dealkylation sites (tertiary alicyclic amines) is 1. The number of fused-ring (bicyclic) bond motifs is 2. The second kappa shape index (κ2) is 3.17. The highest BCUT2D eigenvalue weighted by Crippen LogP contribution is 2.34. The van der Waals surface area contributed by atoms with Gasteiger partial charge in [-0.3, -0.25) is 0 Å². The molecule has 0 N–H and O–H groups in total. The summed E-state index contributed by atoms with van der Waals surface area (Å²) in [6.45, 7) is 2.50. The lowest BCUT2D eigenvalue weighted by Gasteiger charge is -2.30. The fraction of sp³-hybridized carbons (Fsp3) is 1.00. The highest BCUT2D eigenvalue weighted by atomic mass is 32.2. The van der Waals surface area contributed by atoms with Crippen LogP contribution in [0.4, 0.5) is 0 Å². The molecule has 2 unspecified atom stereocenters. The average molecular weight is 190 g/mol. The van der Waals surface area contributed by atoms with Gasteiger partial charge in [0.2, 0.25) is 0 Å². The van der Waals surface area contributed by atoms with Gasteiger partial charge in [-0.05, 0) is 13.5 Å². The van der Waals surface area contributed by atoms with E-state index in [2.05, 4.69) is 28.9 Å². The van der Waals surface area contributed by atoms with Crippen molar-refractivity contribution in [3.05, 3.63) is 0 Å². The van der Waals surface area contributed by atoms with Gasteiger partial charge in [-0.2, -0.15) is 12.6 Å². The van der Waals surface area contributed by atoms with Gasteiger partial charge < -0.3 is 4.90 Å². The normalized spacial score (nSPS) is 38.7. The number of nitrogens with zero attached hydrogens (tertiary/aromatic N) is 2. The zero-order valence-electron chi connectivity index (χ0n) is 6.73. The third kappa shape index (κ3) is 1.41. The topological polar surface area (TPSA) is 6.48 Å².